The van der Waals surface area contributed by atoms with Gasteiger partial charge >= 0.3 is 0 Å². The molecule has 29 heavy (non-hydrogen) atoms. The molecule has 0 radical (unpaired) electrons. The number of benzene rings is 2. The van der Waals surface area contributed by atoms with E-state index in [0.717, 1.165) is 48.5 Å². The summed E-state index contributed by atoms with van der Waals surface area (Å²) in [5.74, 6) is 3.83. The van der Waals surface area contributed by atoms with Crippen LogP contribution in [0.15, 0.2) is 48.5 Å². The van der Waals surface area contributed by atoms with E-state index in [4.69, 9.17) is 9.47 Å². The van der Waals surface area contributed by atoms with Crippen molar-refractivity contribution < 1.29 is 9.47 Å². The Kier molecular flexibility index (Phi) is 6.89. The SMILES string of the molecule is COc1ccc(CCNc2cc(NCc3ccc(C)cc3)nc(C)n2)cc1OC. The van der Waals surface area contributed by atoms with Crippen LogP contribution < -0.4 is 20.1 Å². The van der Waals surface area contributed by atoms with E-state index in [9.17, 15) is 0 Å². The van der Waals surface area contributed by atoms with Gasteiger partial charge in [0.2, 0.25) is 0 Å². The number of nitrogens with one attached hydrogen (secondary N) is 2. The maximum atomic E-state index is 5.37. The lowest BCUT2D eigenvalue weighted by Gasteiger charge is -2.12. The zero-order valence-electron chi connectivity index (χ0n) is 17.5. The molecule has 0 aliphatic heterocycles. The first kappa shape index (κ1) is 20.5. The van der Waals surface area contributed by atoms with Crippen LogP contribution in [0.3, 0.4) is 0 Å². The molecular formula is C23H28N4O2. The number of hydrogen-bond donors (Lipinski definition) is 2. The first-order valence-electron chi connectivity index (χ1n) is 9.67. The third-order valence-electron chi connectivity index (χ3n) is 4.60. The minimum atomic E-state index is 0.724. The third kappa shape index (κ3) is 5.85. The number of aromatic nitrogens is 2. The molecule has 6 nitrogen and oxygen atoms in total. The van der Waals surface area contributed by atoms with Gasteiger partial charge in [0.1, 0.15) is 17.5 Å². The molecule has 3 aromatic rings. The number of nitrogens with zero attached hydrogens (tertiary/aromatic N) is 2. The number of anilines is 2. The van der Waals surface area contributed by atoms with E-state index in [2.05, 4.69) is 51.8 Å². The van der Waals surface area contributed by atoms with Gasteiger partial charge in [0.15, 0.2) is 11.5 Å². The Balaban J connectivity index is 1.57. The highest BCUT2D eigenvalue weighted by atomic mass is 16.5. The van der Waals surface area contributed by atoms with Crippen molar-refractivity contribution in [1.29, 1.82) is 0 Å². The van der Waals surface area contributed by atoms with Crippen LogP contribution in [0.4, 0.5) is 11.6 Å². The van der Waals surface area contributed by atoms with Gasteiger partial charge in [0.05, 0.1) is 14.2 Å². The first-order chi connectivity index (χ1) is 14.1. The molecule has 6 heteroatoms. The molecule has 0 saturated heterocycles. The molecule has 0 atom stereocenters. The topological polar surface area (TPSA) is 68.3 Å². The van der Waals surface area contributed by atoms with Gasteiger partial charge in [-0.15, -0.1) is 0 Å². The van der Waals surface area contributed by atoms with Crippen molar-refractivity contribution in [2.24, 2.45) is 0 Å². The van der Waals surface area contributed by atoms with E-state index in [1.54, 1.807) is 14.2 Å². The Labute approximate surface area is 172 Å². The van der Waals surface area contributed by atoms with E-state index in [1.807, 2.05) is 31.2 Å². The zero-order valence-corrected chi connectivity index (χ0v) is 17.5. The second-order valence-electron chi connectivity index (χ2n) is 6.89. The fourth-order valence-electron chi connectivity index (χ4n) is 3.02. The van der Waals surface area contributed by atoms with Crippen molar-refractivity contribution in [3.8, 4) is 11.5 Å². The Morgan fingerprint density at radius 2 is 1.41 bits per heavy atom. The van der Waals surface area contributed by atoms with Crippen molar-refractivity contribution in [2.75, 3.05) is 31.4 Å². The molecule has 0 fully saturated rings. The molecule has 152 valence electrons. The second-order valence-corrected chi connectivity index (χ2v) is 6.89. The monoisotopic (exact) mass is 392 g/mol. The van der Waals surface area contributed by atoms with Gasteiger partial charge in [-0.25, -0.2) is 9.97 Å². The maximum Gasteiger partial charge on any atom is 0.160 e. The number of rotatable bonds is 9. The lowest BCUT2D eigenvalue weighted by Crippen LogP contribution is -2.09. The molecule has 1 aromatic heterocycles. The summed E-state index contributed by atoms with van der Waals surface area (Å²) in [6.45, 7) is 5.46. The molecule has 0 amide bonds. The Morgan fingerprint density at radius 1 is 0.759 bits per heavy atom. The lowest BCUT2D eigenvalue weighted by molar-refractivity contribution is 0.354. The molecular weight excluding hydrogens is 364 g/mol. The van der Waals surface area contributed by atoms with Crippen molar-refractivity contribution in [1.82, 2.24) is 9.97 Å². The van der Waals surface area contributed by atoms with Crippen molar-refractivity contribution in [3.63, 3.8) is 0 Å². The standard InChI is InChI=1S/C23H28N4O2/c1-16-5-7-19(8-6-16)15-25-23-14-22(26-17(2)27-23)24-12-11-18-9-10-20(28-3)21(13-18)29-4/h5-10,13-14H,11-12,15H2,1-4H3,(H2,24,25,26,27). The molecule has 2 aromatic carbocycles. The number of methoxy groups -OCH3 is 2. The van der Waals surface area contributed by atoms with Gasteiger partial charge in [0.25, 0.3) is 0 Å². The quantitative estimate of drug-likeness (QED) is 0.563. The van der Waals surface area contributed by atoms with Crippen molar-refractivity contribution >= 4 is 11.6 Å². The zero-order chi connectivity index (χ0) is 20.6. The predicted octanol–water partition coefficient (Wildman–Crippen LogP) is 4.38. The molecule has 0 unspecified atom stereocenters. The van der Waals surface area contributed by atoms with Gasteiger partial charge in [-0.1, -0.05) is 35.9 Å². The van der Waals surface area contributed by atoms with Gasteiger partial charge in [0, 0.05) is 19.2 Å². The van der Waals surface area contributed by atoms with E-state index < -0.39 is 0 Å². The molecule has 0 saturated carbocycles. The van der Waals surface area contributed by atoms with Crippen molar-refractivity contribution in [2.45, 2.75) is 26.8 Å². The second kappa shape index (κ2) is 9.78. The molecule has 0 aliphatic carbocycles. The van der Waals surface area contributed by atoms with E-state index in [-0.39, 0.29) is 0 Å². The normalized spacial score (nSPS) is 10.5. The summed E-state index contributed by atoms with van der Waals surface area (Å²) in [4.78, 5) is 8.97. The van der Waals surface area contributed by atoms with Crippen LogP contribution >= 0.6 is 0 Å². The summed E-state index contributed by atoms with van der Waals surface area (Å²) in [5, 5.41) is 6.76. The fraction of sp³-hybridized carbons (Fsp3) is 0.304. The Bertz CT molecular complexity index is 942. The van der Waals surface area contributed by atoms with Crippen LogP contribution in [-0.4, -0.2) is 30.7 Å². The summed E-state index contributed by atoms with van der Waals surface area (Å²) in [6, 6.07) is 16.4. The largest absolute Gasteiger partial charge is 0.493 e. The lowest BCUT2D eigenvalue weighted by atomic mass is 10.1. The highest BCUT2D eigenvalue weighted by Crippen LogP contribution is 2.27. The van der Waals surface area contributed by atoms with Crippen LogP contribution in [0, 0.1) is 13.8 Å². The molecule has 1 heterocycles. The molecule has 3 rings (SSSR count). The fourth-order valence-corrected chi connectivity index (χ4v) is 3.02. The van der Waals surface area contributed by atoms with Crippen LogP contribution in [0.5, 0.6) is 11.5 Å². The molecule has 0 spiro atoms. The maximum absolute atomic E-state index is 5.37. The van der Waals surface area contributed by atoms with Gasteiger partial charge in [-0.05, 0) is 43.5 Å². The van der Waals surface area contributed by atoms with Gasteiger partial charge in [-0.2, -0.15) is 0 Å². The van der Waals surface area contributed by atoms with E-state index in [0.29, 0.717) is 0 Å². The van der Waals surface area contributed by atoms with Gasteiger partial charge in [-0.3, -0.25) is 0 Å². The summed E-state index contributed by atoms with van der Waals surface area (Å²) < 4.78 is 10.7. The third-order valence-corrected chi connectivity index (χ3v) is 4.60. The Hall–Kier alpha value is -3.28. The number of aryl methyl sites for hydroxylation is 2. The van der Waals surface area contributed by atoms with Crippen LogP contribution in [-0.2, 0) is 13.0 Å². The van der Waals surface area contributed by atoms with E-state index in [1.165, 1.54) is 16.7 Å². The summed E-state index contributed by atoms with van der Waals surface area (Å²) >= 11 is 0. The average molecular weight is 393 g/mol. The first-order valence-corrected chi connectivity index (χ1v) is 9.67. The average Bonchev–Trinajstić information content (AvgIpc) is 2.73. The number of ether oxygens (including phenoxy) is 2. The minimum absolute atomic E-state index is 0.724. The summed E-state index contributed by atoms with van der Waals surface area (Å²) in [6.07, 6.45) is 0.843. The smallest absolute Gasteiger partial charge is 0.160 e. The van der Waals surface area contributed by atoms with E-state index >= 15 is 0 Å². The van der Waals surface area contributed by atoms with Crippen LogP contribution in [0.25, 0.3) is 0 Å². The van der Waals surface area contributed by atoms with Crippen LogP contribution in [0.1, 0.15) is 22.5 Å². The van der Waals surface area contributed by atoms with Crippen LogP contribution in [0.2, 0.25) is 0 Å². The van der Waals surface area contributed by atoms with Gasteiger partial charge < -0.3 is 20.1 Å². The Morgan fingerprint density at radius 3 is 2.10 bits per heavy atom. The minimum Gasteiger partial charge on any atom is -0.493 e. The predicted molar refractivity (Wildman–Crippen MR) is 117 cm³/mol. The number of hydrogen-bond acceptors (Lipinski definition) is 6. The van der Waals surface area contributed by atoms with Crippen molar-refractivity contribution in [3.05, 3.63) is 71.0 Å². The molecule has 2 N–H and O–H groups in total. The summed E-state index contributed by atoms with van der Waals surface area (Å²) in [5.41, 5.74) is 3.64. The highest BCUT2D eigenvalue weighted by Gasteiger charge is 2.06. The molecule has 0 bridgehead atoms. The summed E-state index contributed by atoms with van der Waals surface area (Å²) in [7, 11) is 3.29. The molecule has 0 aliphatic rings. The highest BCUT2D eigenvalue weighted by molar-refractivity contribution is 5.48.